The number of fused-ring (bicyclic) bond motifs is 1. The summed E-state index contributed by atoms with van der Waals surface area (Å²) in [6.07, 6.45) is 1.60. The third-order valence-electron chi connectivity index (χ3n) is 1.88. The van der Waals surface area contributed by atoms with E-state index in [1.165, 1.54) is 0 Å². The normalized spacial score (nSPS) is 9.43. The Balaban J connectivity index is 0.000000461. The molecule has 0 fully saturated rings. The van der Waals surface area contributed by atoms with E-state index in [9.17, 15) is 0 Å². The van der Waals surface area contributed by atoms with Crippen LogP contribution in [0.3, 0.4) is 0 Å². The molecule has 0 saturated carbocycles. The number of hydrogen-bond acceptors (Lipinski definition) is 2. The molecule has 1 aromatic heterocycles. The molecule has 2 aromatic rings. The first-order valence-corrected chi connectivity index (χ1v) is 5.32. The fourth-order valence-corrected chi connectivity index (χ4v) is 1.77. The molecule has 1 aromatic carbocycles. The average Bonchev–Trinajstić information content (AvgIpc) is 2.21. The van der Waals surface area contributed by atoms with Crippen LogP contribution in [-0.2, 0) is 0 Å². The molecule has 2 nitrogen and oxygen atoms in total. The highest BCUT2D eigenvalue weighted by Crippen LogP contribution is 2.12. The van der Waals surface area contributed by atoms with Gasteiger partial charge in [-0.05, 0) is 18.3 Å². The molecule has 0 amide bonds. The molecule has 0 N–H and O–H groups in total. The first-order chi connectivity index (χ1) is 6.79. The Labute approximate surface area is 87.0 Å². The molecule has 0 aliphatic heterocycles. The topological polar surface area (TPSA) is 25.8 Å². The molecule has 3 heteroatoms. The third kappa shape index (κ3) is 2.08. The van der Waals surface area contributed by atoms with Gasteiger partial charge in [-0.15, -0.1) is 9.24 Å². The molecular weight excluding hydrogens is 191 g/mol. The number of aryl methyl sites for hydroxylation is 1. The highest BCUT2D eigenvalue weighted by molar-refractivity contribution is 7.28. The highest BCUT2D eigenvalue weighted by Gasteiger charge is 2.00. The maximum atomic E-state index is 4.18. The standard InChI is InChI=1S/C9H9N2P.C2H6/c1-6-9-7(11-5-10-6)3-2-4-8(9)12;1-2/h2-5H,12H2,1H3;1-2H3. The largest absolute Gasteiger partial charge is 0.241 e. The van der Waals surface area contributed by atoms with Crippen molar-refractivity contribution in [2.75, 3.05) is 0 Å². The van der Waals surface area contributed by atoms with Crippen LogP contribution >= 0.6 is 9.24 Å². The van der Waals surface area contributed by atoms with Crippen LogP contribution in [0.2, 0.25) is 0 Å². The van der Waals surface area contributed by atoms with Crippen LogP contribution in [0.25, 0.3) is 10.9 Å². The van der Waals surface area contributed by atoms with Crippen molar-refractivity contribution < 1.29 is 0 Å². The second-order valence-corrected chi connectivity index (χ2v) is 3.32. The van der Waals surface area contributed by atoms with Gasteiger partial charge in [0.25, 0.3) is 0 Å². The van der Waals surface area contributed by atoms with Crippen LogP contribution in [0.4, 0.5) is 0 Å². The van der Waals surface area contributed by atoms with Gasteiger partial charge in [0.15, 0.2) is 0 Å². The summed E-state index contributed by atoms with van der Waals surface area (Å²) in [7, 11) is 2.70. The van der Waals surface area contributed by atoms with Gasteiger partial charge in [0.2, 0.25) is 0 Å². The van der Waals surface area contributed by atoms with Crippen molar-refractivity contribution in [1.29, 1.82) is 0 Å². The third-order valence-corrected chi connectivity index (χ3v) is 2.37. The quantitative estimate of drug-likeness (QED) is 0.619. The Kier molecular flexibility index (Phi) is 3.97. The second-order valence-electron chi connectivity index (χ2n) is 2.70. The van der Waals surface area contributed by atoms with Crippen LogP contribution < -0.4 is 5.30 Å². The Hall–Kier alpha value is -1.01. The second kappa shape index (κ2) is 5.02. The predicted octanol–water partition coefficient (Wildman–Crippen LogP) is 2.46. The molecule has 0 spiro atoms. The van der Waals surface area contributed by atoms with E-state index in [0.29, 0.717) is 0 Å². The summed E-state index contributed by atoms with van der Waals surface area (Å²) in [4.78, 5) is 8.32. The van der Waals surface area contributed by atoms with Crippen molar-refractivity contribution in [3.63, 3.8) is 0 Å². The van der Waals surface area contributed by atoms with E-state index in [2.05, 4.69) is 19.2 Å². The van der Waals surface area contributed by atoms with Crippen LogP contribution in [-0.4, -0.2) is 9.97 Å². The molecule has 14 heavy (non-hydrogen) atoms. The molecule has 0 saturated heterocycles. The summed E-state index contributed by atoms with van der Waals surface area (Å²) in [6.45, 7) is 6.00. The van der Waals surface area contributed by atoms with Crippen molar-refractivity contribution in [1.82, 2.24) is 9.97 Å². The molecule has 0 aliphatic carbocycles. The molecule has 2 rings (SSSR count). The van der Waals surface area contributed by atoms with E-state index in [1.54, 1.807) is 6.33 Å². The summed E-state index contributed by atoms with van der Waals surface area (Å²) in [5, 5.41) is 2.30. The molecule has 1 unspecified atom stereocenters. The molecular formula is C11H15N2P. The van der Waals surface area contributed by atoms with Crippen LogP contribution in [0.5, 0.6) is 0 Å². The van der Waals surface area contributed by atoms with Crippen LogP contribution in [0.15, 0.2) is 24.5 Å². The Morgan fingerprint density at radius 1 is 1.14 bits per heavy atom. The van der Waals surface area contributed by atoms with Gasteiger partial charge in [-0.1, -0.05) is 26.0 Å². The van der Waals surface area contributed by atoms with E-state index in [4.69, 9.17) is 0 Å². The molecule has 0 bridgehead atoms. The molecule has 0 aliphatic rings. The Morgan fingerprint density at radius 2 is 1.86 bits per heavy atom. The lowest BCUT2D eigenvalue weighted by atomic mass is 10.2. The number of rotatable bonds is 0. The number of benzene rings is 1. The van der Waals surface area contributed by atoms with E-state index in [1.807, 2.05) is 39.0 Å². The Morgan fingerprint density at radius 3 is 2.50 bits per heavy atom. The van der Waals surface area contributed by atoms with Crippen molar-refractivity contribution in [2.45, 2.75) is 20.8 Å². The molecule has 74 valence electrons. The van der Waals surface area contributed by atoms with Gasteiger partial charge in [0.1, 0.15) is 6.33 Å². The summed E-state index contributed by atoms with van der Waals surface area (Å²) >= 11 is 0. The zero-order valence-electron chi connectivity index (χ0n) is 8.78. The number of nitrogens with zero attached hydrogens (tertiary/aromatic N) is 2. The van der Waals surface area contributed by atoms with E-state index >= 15 is 0 Å². The van der Waals surface area contributed by atoms with Gasteiger partial charge in [-0.2, -0.15) is 0 Å². The number of aromatic nitrogens is 2. The summed E-state index contributed by atoms with van der Waals surface area (Å²) < 4.78 is 0. The zero-order chi connectivity index (χ0) is 10.6. The van der Waals surface area contributed by atoms with Crippen LogP contribution in [0, 0.1) is 6.92 Å². The monoisotopic (exact) mass is 206 g/mol. The van der Waals surface area contributed by atoms with Gasteiger partial charge in [-0.3, -0.25) is 0 Å². The van der Waals surface area contributed by atoms with Crippen molar-refractivity contribution in [3.05, 3.63) is 30.2 Å². The van der Waals surface area contributed by atoms with E-state index < -0.39 is 0 Å². The van der Waals surface area contributed by atoms with Gasteiger partial charge in [0, 0.05) is 11.1 Å². The van der Waals surface area contributed by atoms with E-state index in [0.717, 1.165) is 21.9 Å². The summed E-state index contributed by atoms with van der Waals surface area (Å²) in [6, 6.07) is 6.04. The average molecular weight is 206 g/mol. The maximum Gasteiger partial charge on any atom is 0.116 e. The van der Waals surface area contributed by atoms with Gasteiger partial charge in [-0.25, -0.2) is 9.97 Å². The minimum Gasteiger partial charge on any atom is -0.241 e. The van der Waals surface area contributed by atoms with Gasteiger partial charge < -0.3 is 0 Å². The van der Waals surface area contributed by atoms with Gasteiger partial charge >= 0.3 is 0 Å². The fourth-order valence-electron chi connectivity index (χ4n) is 1.30. The zero-order valence-corrected chi connectivity index (χ0v) is 9.94. The molecule has 1 heterocycles. The fraction of sp³-hybridized carbons (Fsp3) is 0.273. The minimum atomic E-state index is 1.01. The van der Waals surface area contributed by atoms with E-state index in [-0.39, 0.29) is 0 Å². The minimum absolute atomic E-state index is 1.01. The predicted molar refractivity (Wildman–Crippen MR) is 65.0 cm³/mol. The van der Waals surface area contributed by atoms with Crippen molar-refractivity contribution in [3.8, 4) is 0 Å². The summed E-state index contributed by atoms with van der Waals surface area (Å²) in [5.74, 6) is 0. The summed E-state index contributed by atoms with van der Waals surface area (Å²) in [5.41, 5.74) is 2.04. The van der Waals surface area contributed by atoms with Crippen molar-refractivity contribution >= 4 is 25.4 Å². The molecule has 1 atom stereocenters. The first kappa shape index (κ1) is 11.1. The van der Waals surface area contributed by atoms with Crippen LogP contribution in [0.1, 0.15) is 19.5 Å². The highest BCUT2D eigenvalue weighted by atomic mass is 31.0. The van der Waals surface area contributed by atoms with Crippen molar-refractivity contribution in [2.24, 2.45) is 0 Å². The van der Waals surface area contributed by atoms with Gasteiger partial charge in [0.05, 0.1) is 5.52 Å². The smallest absolute Gasteiger partial charge is 0.116 e. The lowest BCUT2D eigenvalue weighted by molar-refractivity contribution is 1.15. The number of hydrogen-bond donors (Lipinski definition) is 0. The lowest BCUT2D eigenvalue weighted by Crippen LogP contribution is -1.97. The SMILES string of the molecule is CC.Cc1ncnc2cccc(P)c12. The Bertz CT molecular complexity index is 390. The lowest BCUT2D eigenvalue weighted by Gasteiger charge is -2.01. The maximum absolute atomic E-state index is 4.18. The molecule has 0 radical (unpaired) electrons. The first-order valence-electron chi connectivity index (χ1n) is 4.75.